The lowest BCUT2D eigenvalue weighted by molar-refractivity contribution is -0.145. The molecule has 0 aromatic heterocycles. The molecular weight excluding hydrogens is 1080 g/mol. The van der Waals surface area contributed by atoms with Gasteiger partial charge in [-0.05, 0) is 55.4 Å². The van der Waals surface area contributed by atoms with E-state index in [1.165, 1.54) is 0 Å². The van der Waals surface area contributed by atoms with Crippen LogP contribution in [0.2, 0.25) is 0 Å². The molecule has 0 radical (unpaired) electrons. The van der Waals surface area contributed by atoms with E-state index in [-0.39, 0.29) is 44.8 Å². The third-order valence-electron chi connectivity index (χ3n) is 12.8. The molecule has 0 spiro atoms. The summed E-state index contributed by atoms with van der Waals surface area (Å²) < 4.78 is 5.32. The number of guanidine groups is 1. The largest absolute Gasteiger partial charge is 0.480 e. The molecule has 13 atom stereocenters. The van der Waals surface area contributed by atoms with E-state index in [1.807, 2.05) is 5.32 Å². The molecule has 22 N–H and O–H groups in total. The Balaban J connectivity index is 3.50. The van der Waals surface area contributed by atoms with Gasteiger partial charge in [0.1, 0.15) is 54.9 Å². The molecule has 0 bridgehead atoms. The van der Waals surface area contributed by atoms with Gasteiger partial charge in [0.05, 0.1) is 25.4 Å². The molecular formula is C51H86N14O17. The zero-order chi connectivity index (χ0) is 62.7. The zero-order valence-corrected chi connectivity index (χ0v) is 47.6. The minimum atomic E-state index is -2.43. The van der Waals surface area contributed by atoms with Gasteiger partial charge in [-0.2, -0.15) is 0 Å². The van der Waals surface area contributed by atoms with Gasteiger partial charge in [0, 0.05) is 12.6 Å². The van der Waals surface area contributed by atoms with E-state index in [0.29, 0.717) is 5.56 Å². The van der Waals surface area contributed by atoms with Gasteiger partial charge < -0.3 is 101 Å². The molecule has 1 rings (SSSR count). The molecule has 31 nitrogen and oxygen atoms in total. The average Bonchev–Trinajstić information content (AvgIpc) is 3.45. The van der Waals surface area contributed by atoms with Gasteiger partial charge in [0.2, 0.25) is 53.2 Å². The lowest BCUT2D eigenvalue weighted by Crippen LogP contribution is -2.64. The highest BCUT2D eigenvalue weighted by molar-refractivity contribution is 5.99. The molecule has 0 heterocycles. The molecule has 1 aromatic rings. The van der Waals surface area contributed by atoms with Crippen molar-refractivity contribution in [1.29, 1.82) is 5.41 Å². The lowest BCUT2D eigenvalue weighted by atomic mass is 9.94. The topological polar surface area (TPSA) is 520 Å². The summed E-state index contributed by atoms with van der Waals surface area (Å²) in [5.74, 6) is -14.5. The van der Waals surface area contributed by atoms with Crippen LogP contribution >= 0.6 is 0 Å². The molecule has 1 aromatic carbocycles. The number of carboxylic acids is 1. The highest BCUT2D eigenvalue weighted by Crippen LogP contribution is 2.15. The van der Waals surface area contributed by atoms with Gasteiger partial charge >= 0.3 is 12.1 Å². The summed E-state index contributed by atoms with van der Waals surface area (Å²) in [6.45, 7) is 12.0. The lowest BCUT2D eigenvalue weighted by Gasteiger charge is -2.32. The van der Waals surface area contributed by atoms with Crippen LogP contribution in [0.15, 0.2) is 30.3 Å². The number of amides is 10. The van der Waals surface area contributed by atoms with Crippen LogP contribution in [-0.4, -0.2) is 189 Å². The first kappa shape index (κ1) is 72.3. The van der Waals surface area contributed by atoms with Gasteiger partial charge in [0.15, 0.2) is 12.1 Å². The number of ether oxygens (including phenoxy) is 1. The van der Waals surface area contributed by atoms with Crippen LogP contribution in [-0.2, 0) is 59.3 Å². The summed E-state index contributed by atoms with van der Waals surface area (Å²) in [6, 6.07) is -5.95. The maximum absolute atomic E-state index is 14.4. The van der Waals surface area contributed by atoms with Gasteiger partial charge in [-0.1, -0.05) is 92.1 Å². The first-order valence-corrected chi connectivity index (χ1v) is 26.6. The number of aliphatic hydroxyl groups excluding tert-OH is 4. The van der Waals surface area contributed by atoms with Crippen molar-refractivity contribution in [2.24, 2.45) is 40.9 Å². The van der Waals surface area contributed by atoms with Crippen LogP contribution in [0.4, 0.5) is 4.79 Å². The fourth-order valence-corrected chi connectivity index (χ4v) is 7.59. The van der Waals surface area contributed by atoms with E-state index < -0.39 is 175 Å². The van der Waals surface area contributed by atoms with E-state index in [9.17, 15) is 73.2 Å². The van der Waals surface area contributed by atoms with E-state index in [0.717, 1.165) is 6.92 Å². The number of carbonyl (C=O) groups is 11. The summed E-state index contributed by atoms with van der Waals surface area (Å²) in [5.41, 5.74) is 17.6. The van der Waals surface area contributed by atoms with Gasteiger partial charge in [-0.15, -0.1) is 0 Å². The van der Waals surface area contributed by atoms with E-state index >= 15 is 0 Å². The number of nitrogens with two attached hydrogens (primary N) is 3. The Morgan fingerprint density at radius 1 is 0.610 bits per heavy atom. The Kier molecular flexibility index (Phi) is 31.6. The van der Waals surface area contributed by atoms with Crippen LogP contribution in [0.25, 0.3) is 0 Å². The summed E-state index contributed by atoms with van der Waals surface area (Å²) in [6.07, 6.45) is -6.60. The summed E-state index contributed by atoms with van der Waals surface area (Å²) in [5, 5.41) is 81.6. The Morgan fingerprint density at radius 3 is 1.65 bits per heavy atom. The van der Waals surface area contributed by atoms with Crippen molar-refractivity contribution in [3.05, 3.63) is 35.9 Å². The molecule has 0 aliphatic carbocycles. The highest BCUT2D eigenvalue weighted by Gasteiger charge is 2.40. The molecule has 462 valence electrons. The van der Waals surface area contributed by atoms with Gasteiger partial charge in [-0.3, -0.25) is 48.6 Å². The van der Waals surface area contributed by atoms with E-state index in [4.69, 9.17) is 32.5 Å². The number of benzene rings is 1. The van der Waals surface area contributed by atoms with Crippen LogP contribution in [0.3, 0.4) is 0 Å². The van der Waals surface area contributed by atoms with Gasteiger partial charge in [0.25, 0.3) is 0 Å². The second kappa shape index (κ2) is 35.9. The summed E-state index contributed by atoms with van der Waals surface area (Å²) in [4.78, 5) is 146. The smallest absolute Gasteiger partial charge is 0.408 e. The Hall–Kier alpha value is -7.74. The molecule has 0 aliphatic rings. The predicted molar refractivity (Wildman–Crippen MR) is 293 cm³/mol. The van der Waals surface area contributed by atoms with E-state index in [1.54, 1.807) is 91.0 Å². The van der Waals surface area contributed by atoms with Crippen molar-refractivity contribution < 1.29 is 83.0 Å². The molecule has 31 heteroatoms. The fraction of sp³-hybridized carbons (Fsp3) is 0.647. The number of nitrogens with one attached hydrogen (secondary N) is 11. The number of hydrogen-bond acceptors (Lipinski definition) is 18. The maximum atomic E-state index is 14.4. The van der Waals surface area contributed by atoms with E-state index in [2.05, 4.69) is 42.5 Å². The number of carbonyl (C=O) groups excluding carboxylic acids is 10. The number of rotatable bonds is 36. The third kappa shape index (κ3) is 25.0. The average molecular weight is 1170 g/mol. The van der Waals surface area contributed by atoms with Crippen molar-refractivity contribution in [2.45, 2.75) is 167 Å². The quantitative estimate of drug-likeness (QED) is 0.0169. The van der Waals surface area contributed by atoms with Crippen molar-refractivity contribution in [3.63, 3.8) is 0 Å². The van der Waals surface area contributed by atoms with Crippen molar-refractivity contribution in [2.75, 3.05) is 19.7 Å². The minimum absolute atomic E-state index is 0.0314. The SMILES string of the molecule is CC[C@H](C)[C@H](NC(=O)[C@@H](CCCNC(=N)N)NC(=O)[C@H](CC(C)C)NC(=O)[C@@H](NC(=O)[C@@H](NC(=O)OCc1ccccc1)[C@H](N)C(C)C)[C@H](O)C(C)C)C(=O)N[C@H](C(=O)NCC(=O)N[C@H](C(=O)N[C@@H](CO)C(=O)O)[C@H](O)C(N)=O)[C@H](C)O. The Bertz CT molecular complexity index is 2330. The second-order valence-electron chi connectivity index (χ2n) is 20.8. The summed E-state index contributed by atoms with van der Waals surface area (Å²) in [7, 11) is 0. The number of hydrogen-bond donors (Lipinski definition) is 19. The minimum Gasteiger partial charge on any atom is -0.480 e. The van der Waals surface area contributed by atoms with Crippen LogP contribution in [0, 0.1) is 29.1 Å². The second-order valence-corrected chi connectivity index (χ2v) is 20.8. The van der Waals surface area contributed by atoms with Crippen molar-refractivity contribution >= 4 is 71.2 Å². The van der Waals surface area contributed by atoms with Crippen LogP contribution < -0.4 is 70.4 Å². The molecule has 0 saturated carbocycles. The van der Waals surface area contributed by atoms with Crippen LogP contribution in [0.1, 0.15) is 93.6 Å². The molecule has 82 heavy (non-hydrogen) atoms. The third-order valence-corrected chi connectivity index (χ3v) is 12.8. The first-order valence-electron chi connectivity index (χ1n) is 26.6. The van der Waals surface area contributed by atoms with Crippen molar-refractivity contribution in [1.82, 2.24) is 53.2 Å². The number of aliphatic carboxylic acids is 1. The molecule has 10 amide bonds. The fourth-order valence-electron chi connectivity index (χ4n) is 7.59. The molecule has 0 saturated heterocycles. The van der Waals surface area contributed by atoms with Crippen molar-refractivity contribution in [3.8, 4) is 0 Å². The number of aliphatic hydroxyl groups is 4. The Morgan fingerprint density at radius 2 is 1.13 bits per heavy atom. The van der Waals surface area contributed by atoms with Gasteiger partial charge in [-0.25, -0.2) is 9.59 Å². The Labute approximate surface area is 475 Å². The number of primary amides is 1. The molecule has 0 aliphatic heterocycles. The maximum Gasteiger partial charge on any atom is 0.408 e. The molecule has 0 unspecified atom stereocenters. The number of carboxylic acid groups (broad SMARTS) is 1. The number of alkyl carbamates (subject to hydrolysis) is 1. The standard InChI is InChI=1S/C51H86N14O17/c1-10-26(8)34(45(75)63-35(27(9)67)44(74)57-20-32(68)61-38(40(70)41(53)71)48(78)60-31(21-66)49(79)80)62-42(72)29(17-14-18-56-50(54)55)58-43(73)30(19-23(2)3)59-47(77)37(39(69)25(6)7)64-46(76)36(33(52)24(4)5)65-51(81)82-22-28-15-12-11-13-16-28/h11-13,15-16,23-27,29-31,33-40,66-67,69-70H,10,14,17-22,52H2,1-9H3,(H2,53,71)(H,57,74)(H,58,73)(H,59,77)(H,60,78)(H,61,68)(H,62,72)(H,63,75)(H,64,76)(H,65,81)(H,79,80)(H4,54,55,56)/t26-,27-,29+,30-,31-,33+,34-,35-,36-,37-,38-,39+,40-/m0/s1. The monoisotopic (exact) mass is 1170 g/mol. The molecule has 0 fully saturated rings. The predicted octanol–water partition coefficient (Wildman–Crippen LogP) is -5.55. The highest BCUT2D eigenvalue weighted by atomic mass is 16.5. The first-order chi connectivity index (χ1) is 38.3. The zero-order valence-electron chi connectivity index (χ0n) is 47.6. The normalized spacial score (nSPS) is 16.0. The van der Waals surface area contributed by atoms with Crippen LogP contribution in [0.5, 0.6) is 0 Å². The summed E-state index contributed by atoms with van der Waals surface area (Å²) >= 11 is 0.